The van der Waals surface area contributed by atoms with Crippen LogP contribution in [0.3, 0.4) is 0 Å². The maximum Gasteiger partial charge on any atom is 0.333 e. The van der Waals surface area contributed by atoms with Crippen LogP contribution in [0.15, 0.2) is 12.2 Å². The van der Waals surface area contributed by atoms with Gasteiger partial charge in [0, 0.05) is 12.7 Å². The van der Waals surface area contributed by atoms with E-state index in [0.717, 1.165) is 0 Å². The van der Waals surface area contributed by atoms with Gasteiger partial charge in [-0.1, -0.05) is 6.58 Å². The minimum Gasteiger partial charge on any atom is -0.481 e. The Morgan fingerprint density at radius 1 is 1.44 bits per heavy atom. The van der Waals surface area contributed by atoms with Crippen molar-refractivity contribution in [3.05, 3.63) is 12.2 Å². The Hall–Kier alpha value is -1.36. The molecule has 0 aromatic heterocycles. The van der Waals surface area contributed by atoms with Crippen molar-refractivity contribution in [2.45, 2.75) is 26.4 Å². The van der Waals surface area contributed by atoms with E-state index in [1.807, 2.05) is 0 Å². The van der Waals surface area contributed by atoms with E-state index in [0.29, 0.717) is 5.57 Å². The zero-order valence-corrected chi connectivity index (χ0v) is 9.86. The maximum atomic E-state index is 11.0. The van der Waals surface area contributed by atoms with E-state index in [-0.39, 0.29) is 13.0 Å². The van der Waals surface area contributed by atoms with Gasteiger partial charge in [-0.05, 0) is 20.3 Å². The molecule has 0 aliphatic carbocycles. The standard InChI is InChI=1S/C11H18O5/c1-7(2)11(14)16-6-5-9(10(12)13)8(3)15-4/h8-9H,1,5-6H2,2-4H3,(H,12,13). The number of carboxylic acid groups (broad SMARTS) is 1. The van der Waals surface area contributed by atoms with Gasteiger partial charge in [-0.3, -0.25) is 4.79 Å². The number of hydrogen-bond acceptors (Lipinski definition) is 4. The predicted molar refractivity (Wildman–Crippen MR) is 58.0 cm³/mol. The number of ether oxygens (including phenoxy) is 2. The summed E-state index contributed by atoms with van der Waals surface area (Å²) in [7, 11) is 1.44. The van der Waals surface area contributed by atoms with Crippen molar-refractivity contribution in [3.63, 3.8) is 0 Å². The molecule has 92 valence electrons. The van der Waals surface area contributed by atoms with Crippen molar-refractivity contribution in [2.24, 2.45) is 5.92 Å². The first-order valence-electron chi connectivity index (χ1n) is 4.98. The predicted octanol–water partition coefficient (Wildman–Crippen LogP) is 1.23. The van der Waals surface area contributed by atoms with Gasteiger partial charge < -0.3 is 14.6 Å². The molecule has 0 fully saturated rings. The summed E-state index contributed by atoms with van der Waals surface area (Å²) in [6, 6.07) is 0. The Labute approximate surface area is 95.0 Å². The summed E-state index contributed by atoms with van der Waals surface area (Å²) in [6.07, 6.45) is -0.190. The second-order valence-corrected chi connectivity index (χ2v) is 3.59. The topological polar surface area (TPSA) is 72.8 Å². The Morgan fingerprint density at radius 2 is 2.00 bits per heavy atom. The van der Waals surface area contributed by atoms with Crippen molar-refractivity contribution in [1.29, 1.82) is 0 Å². The minimum absolute atomic E-state index is 0.0519. The summed E-state index contributed by atoms with van der Waals surface area (Å²) in [5, 5.41) is 8.91. The summed E-state index contributed by atoms with van der Waals surface area (Å²) in [4.78, 5) is 21.9. The highest BCUT2D eigenvalue weighted by atomic mass is 16.5. The summed E-state index contributed by atoms with van der Waals surface area (Å²) < 4.78 is 9.76. The molecule has 0 saturated carbocycles. The average molecular weight is 230 g/mol. The van der Waals surface area contributed by atoms with Crippen molar-refractivity contribution >= 4 is 11.9 Å². The third-order valence-electron chi connectivity index (χ3n) is 2.27. The number of carbonyl (C=O) groups excluding carboxylic acids is 1. The van der Waals surface area contributed by atoms with Crippen LogP contribution in [-0.2, 0) is 19.1 Å². The second-order valence-electron chi connectivity index (χ2n) is 3.59. The lowest BCUT2D eigenvalue weighted by Crippen LogP contribution is -2.29. The second kappa shape index (κ2) is 7.00. The lowest BCUT2D eigenvalue weighted by molar-refractivity contribution is -0.149. The fourth-order valence-electron chi connectivity index (χ4n) is 1.13. The van der Waals surface area contributed by atoms with Crippen LogP contribution in [0, 0.1) is 5.92 Å². The summed E-state index contributed by atoms with van der Waals surface area (Å²) in [6.45, 7) is 6.68. The molecule has 0 radical (unpaired) electrons. The molecule has 2 unspecified atom stereocenters. The SMILES string of the molecule is C=C(C)C(=O)OCCC(C(=O)O)C(C)OC. The number of carboxylic acids is 1. The van der Waals surface area contributed by atoms with E-state index >= 15 is 0 Å². The van der Waals surface area contributed by atoms with Gasteiger partial charge in [0.05, 0.1) is 18.6 Å². The smallest absolute Gasteiger partial charge is 0.333 e. The molecule has 0 rings (SSSR count). The maximum absolute atomic E-state index is 11.0. The van der Waals surface area contributed by atoms with Crippen LogP contribution in [0.5, 0.6) is 0 Å². The van der Waals surface area contributed by atoms with Crippen LogP contribution < -0.4 is 0 Å². The molecule has 5 nitrogen and oxygen atoms in total. The van der Waals surface area contributed by atoms with Gasteiger partial charge in [0.25, 0.3) is 0 Å². The average Bonchev–Trinajstić information content (AvgIpc) is 2.22. The monoisotopic (exact) mass is 230 g/mol. The number of hydrogen-bond donors (Lipinski definition) is 1. The van der Waals surface area contributed by atoms with Gasteiger partial charge in [0.15, 0.2) is 0 Å². The Bertz CT molecular complexity index is 272. The largest absolute Gasteiger partial charge is 0.481 e. The van der Waals surface area contributed by atoms with Gasteiger partial charge in [-0.15, -0.1) is 0 Å². The van der Waals surface area contributed by atoms with Crippen LogP contribution in [0.2, 0.25) is 0 Å². The fraction of sp³-hybridized carbons (Fsp3) is 0.636. The van der Waals surface area contributed by atoms with E-state index in [2.05, 4.69) is 6.58 Å². The molecule has 0 spiro atoms. The van der Waals surface area contributed by atoms with Gasteiger partial charge in [0.2, 0.25) is 0 Å². The van der Waals surface area contributed by atoms with Crippen molar-refractivity contribution in [1.82, 2.24) is 0 Å². The number of rotatable bonds is 7. The first-order valence-corrected chi connectivity index (χ1v) is 4.98. The lowest BCUT2D eigenvalue weighted by atomic mass is 10.0. The Balaban J connectivity index is 4.09. The highest BCUT2D eigenvalue weighted by Crippen LogP contribution is 2.12. The van der Waals surface area contributed by atoms with Crippen LogP contribution in [0.25, 0.3) is 0 Å². The first kappa shape index (κ1) is 14.6. The molecule has 0 amide bonds. The fourth-order valence-corrected chi connectivity index (χ4v) is 1.13. The zero-order chi connectivity index (χ0) is 12.7. The molecule has 0 aliphatic rings. The quantitative estimate of drug-likeness (QED) is 0.526. The molecule has 0 bridgehead atoms. The van der Waals surface area contributed by atoms with E-state index in [1.54, 1.807) is 6.92 Å². The van der Waals surface area contributed by atoms with Crippen LogP contribution in [0.4, 0.5) is 0 Å². The zero-order valence-electron chi connectivity index (χ0n) is 9.86. The number of esters is 1. The molecule has 1 N–H and O–H groups in total. The summed E-state index contributed by atoms with van der Waals surface area (Å²) in [5.74, 6) is -2.14. The first-order chi connectivity index (χ1) is 7.40. The van der Waals surface area contributed by atoms with E-state index in [1.165, 1.54) is 14.0 Å². The van der Waals surface area contributed by atoms with Gasteiger partial charge in [-0.25, -0.2) is 4.79 Å². The Kier molecular flexibility index (Phi) is 6.41. The van der Waals surface area contributed by atoms with Crippen molar-refractivity contribution in [3.8, 4) is 0 Å². The highest BCUT2D eigenvalue weighted by Gasteiger charge is 2.24. The number of aliphatic carboxylic acids is 1. The van der Waals surface area contributed by atoms with E-state index in [4.69, 9.17) is 14.6 Å². The minimum atomic E-state index is -0.958. The molecule has 0 saturated heterocycles. The third kappa shape index (κ3) is 4.93. The Morgan fingerprint density at radius 3 is 2.38 bits per heavy atom. The molecular formula is C11H18O5. The third-order valence-corrected chi connectivity index (χ3v) is 2.27. The van der Waals surface area contributed by atoms with Gasteiger partial charge in [0.1, 0.15) is 0 Å². The molecule has 0 aromatic carbocycles. The molecule has 0 aromatic rings. The van der Waals surface area contributed by atoms with Crippen molar-refractivity contribution in [2.75, 3.05) is 13.7 Å². The van der Waals surface area contributed by atoms with Crippen LogP contribution in [0.1, 0.15) is 20.3 Å². The summed E-state index contributed by atoms with van der Waals surface area (Å²) in [5.41, 5.74) is 0.298. The van der Waals surface area contributed by atoms with Crippen LogP contribution >= 0.6 is 0 Å². The normalized spacial score (nSPS) is 13.9. The molecule has 16 heavy (non-hydrogen) atoms. The van der Waals surface area contributed by atoms with E-state index < -0.39 is 24.0 Å². The molecule has 2 atom stereocenters. The van der Waals surface area contributed by atoms with Crippen molar-refractivity contribution < 1.29 is 24.2 Å². The van der Waals surface area contributed by atoms with Gasteiger partial charge in [-0.2, -0.15) is 0 Å². The number of methoxy groups -OCH3 is 1. The lowest BCUT2D eigenvalue weighted by Gasteiger charge is -2.18. The number of carbonyl (C=O) groups is 2. The van der Waals surface area contributed by atoms with E-state index in [9.17, 15) is 9.59 Å². The highest BCUT2D eigenvalue weighted by molar-refractivity contribution is 5.86. The summed E-state index contributed by atoms with van der Waals surface area (Å²) >= 11 is 0. The molecule has 5 heteroatoms. The molecule has 0 aliphatic heterocycles. The van der Waals surface area contributed by atoms with Gasteiger partial charge >= 0.3 is 11.9 Å². The molecular weight excluding hydrogens is 212 g/mol. The molecule has 0 heterocycles. The van der Waals surface area contributed by atoms with Crippen LogP contribution in [-0.4, -0.2) is 36.9 Å².